The number of carbonyl (C=O) groups is 1. The largest absolute Gasteiger partial charge is 0.507 e. The summed E-state index contributed by atoms with van der Waals surface area (Å²) in [6.07, 6.45) is 0. The van der Waals surface area contributed by atoms with Gasteiger partial charge in [0.1, 0.15) is 11.8 Å². The number of halogens is 1. The Kier molecular flexibility index (Phi) is 3.41. The van der Waals surface area contributed by atoms with Crippen LogP contribution in [0.1, 0.15) is 10.9 Å². The number of hydrogen-bond acceptors (Lipinski definition) is 4. The maximum Gasteiger partial charge on any atom is 0.321 e. The lowest BCUT2D eigenvalue weighted by atomic mass is 10.2. The van der Waals surface area contributed by atoms with Crippen molar-refractivity contribution in [2.45, 2.75) is 11.4 Å². The molecular formula is C10H10BrNO3S. The van der Waals surface area contributed by atoms with Gasteiger partial charge in [-0.15, -0.1) is 11.8 Å². The van der Waals surface area contributed by atoms with Gasteiger partial charge < -0.3 is 10.2 Å². The topological polar surface area (TPSA) is 69.6 Å². The minimum Gasteiger partial charge on any atom is -0.507 e. The van der Waals surface area contributed by atoms with Gasteiger partial charge >= 0.3 is 5.97 Å². The average Bonchev–Trinajstić information content (AvgIpc) is 2.71. The van der Waals surface area contributed by atoms with Crippen molar-refractivity contribution in [3.8, 4) is 5.75 Å². The summed E-state index contributed by atoms with van der Waals surface area (Å²) in [4.78, 5) is 10.8. The van der Waals surface area contributed by atoms with Gasteiger partial charge in [0.25, 0.3) is 0 Å². The van der Waals surface area contributed by atoms with Crippen molar-refractivity contribution in [2.75, 3.05) is 5.75 Å². The molecule has 1 aromatic rings. The summed E-state index contributed by atoms with van der Waals surface area (Å²) in [7, 11) is 0. The highest BCUT2D eigenvalue weighted by molar-refractivity contribution is 9.10. The number of carboxylic acids is 1. The van der Waals surface area contributed by atoms with E-state index in [1.165, 1.54) is 0 Å². The molecule has 0 aromatic heterocycles. The summed E-state index contributed by atoms with van der Waals surface area (Å²) in [5.41, 5.74) is 0.957. The van der Waals surface area contributed by atoms with E-state index in [0.29, 0.717) is 10.2 Å². The molecule has 1 fully saturated rings. The Morgan fingerprint density at radius 1 is 1.56 bits per heavy atom. The molecule has 0 unspecified atom stereocenters. The second-order valence-electron chi connectivity index (χ2n) is 3.48. The first-order chi connectivity index (χ1) is 7.58. The van der Waals surface area contributed by atoms with Crippen molar-refractivity contribution in [3.05, 3.63) is 28.2 Å². The maximum atomic E-state index is 10.8. The van der Waals surface area contributed by atoms with Crippen LogP contribution in [0.3, 0.4) is 0 Å². The lowest BCUT2D eigenvalue weighted by Crippen LogP contribution is -2.33. The molecule has 3 N–H and O–H groups in total. The highest BCUT2D eigenvalue weighted by atomic mass is 79.9. The molecule has 86 valence electrons. The fourth-order valence-corrected chi connectivity index (χ4v) is 3.11. The Balaban J connectivity index is 2.14. The fourth-order valence-electron chi connectivity index (χ4n) is 1.49. The normalized spacial score (nSPS) is 24.6. The van der Waals surface area contributed by atoms with Crippen LogP contribution in [0.4, 0.5) is 0 Å². The van der Waals surface area contributed by atoms with Gasteiger partial charge in [0.15, 0.2) is 0 Å². The molecule has 1 aromatic carbocycles. The first kappa shape index (κ1) is 11.8. The van der Waals surface area contributed by atoms with Crippen LogP contribution in [0.25, 0.3) is 0 Å². The lowest BCUT2D eigenvalue weighted by molar-refractivity contribution is -0.138. The van der Waals surface area contributed by atoms with Crippen LogP contribution in [0.5, 0.6) is 5.75 Å². The van der Waals surface area contributed by atoms with Crippen LogP contribution < -0.4 is 5.32 Å². The van der Waals surface area contributed by atoms with E-state index in [9.17, 15) is 9.90 Å². The van der Waals surface area contributed by atoms with Crippen molar-refractivity contribution in [2.24, 2.45) is 0 Å². The van der Waals surface area contributed by atoms with Crippen LogP contribution in [-0.4, -0.2) is 28.0 Å². The fraction of sp³-hybridized carbons (Fsp3) is 0.300. The summed E-state index contributed by atoms with van der Waals surface area (Å²) in [6.45, 7) is 0. The number of aromatic hydroxyl groups is 1. The van der Waals surface area contributed by atoms with Crippen molar-refractivity contribution in [1.82, 2.24) is 5.32 Å². The van der Waals surface area contributed by atoms with Gasteiger partial charge in [0.05, 0.1) is 9.85 Å². The maximum absolute atomic E-state index is 10.8. The molecule has 0 radical (unpaired) electrons. The number of benzene rings is 1. The van der Waals surface area contributed by atoms with E-state index in [1.54, 1.807) is 30.0 Å². The third-order valence-electron chi connectivity index (χ3n) is 2.35. The molecule has 6 heteroatoms. The monoisotopic (exact) mass is 303 g/mol. The summed E-state index contributed by atoms with van der Waals surface area (Å²) >= 11 is 4.79. The molecule has 4 nitrogen and oxygen atoms in total. The summed E-state index contributed by atoms with van der Waals surface area (Å²) < 4.78 is 0.617. The first-order valence-electron chi connectivity index (χ1n) is 4.67. The highest BCUT2D eigenvalue weighted by Crippen LogP contribution is 2.35. The SMILES string of the molecule is O=C(O)[C@H]1CS[C@H](c2ccc(O)c(Br)c2)N1. The summed E-state index contributed by atoms with van der Waals surface area (Å²) in [5, 5.41) is 21.2. The molecule has 1 aliphatic rings. The van der Waals surface area contributed by atoms with E-state index in [4.69, 9.17) is 5.11 Å². The smallest absolute Gasteiger partial charge is 0.321 e. The Hall–Kier alpha value is -0.720. The standard InChI is InChI=1S/C10H10BrNO3S/c11-6-3-5(1-2-8(6)13)9-12-7(4-16-9)10(14)15/h1-3,7,9,12-13H,4H2,(H,14,15)/t7-,9-/m1/s1. The third kappa shape index (κ3) is 2.34. The van der Waals surface area contributed by atoms with E-state index in [-0.39, 0.29) is 11.1 Å². The van der Waals surface area contributed by atoms with Gasteiger partial charge in [-0.1, -0.05) is 6.07 Å². The van der Waals surface area contributed by atoms with Gasteiger partial charge in [0, 0.05) is 5.75 Å². The van der Waals surface area contributed by atoms with Crippen LogP contribution in [0.2, 0.25) is 0 Å². The summed E-state index contributed by atoms with van der Waals surface area (Å²) in [6, 6.07) is 4.68. The lowest BCUT2D eigenvalue weighted by Gasteiger charge is -2.12. The number of nitrogens with one attached hydrogen (secondary N) is 1. The zero-order valence-corrected chi connectivity index (χ0v) is 10.6. The van der Waals surface area contributed by atoms with Crippen LogP contribution in [0.15, 0.2) is 22.7 Å². The molecule has 2 rings (SSSR count). The minimum atomic E-state index is -0.826. The van der Waals surface area contributed by atoms with Crippen molar-refractivity contribution < 1.29 is 15.0 Å². The van der Waals surface area contributed by atoms with E-state index in [2.05, 4.69) is 21.2 Å². The van der Waals surface area contributed by atoms with Gasteiger partial charge in [0.2, 0.25) is 0 Å². The molecule has 2 atom stereocenters. The number of phenols is 1. The predicted molar refractivity (Wildman–Crippen MR) is 65.6 cm³/mol. The molecular weight excluding hydrogens is 294 g/mol. The Bertz CT molecular complexity index is 427. The van der Waals surface area contributed by atoms with Crippen molar-refractivity contribution >= 4 is 33.7 Å². The average molecular weight is 304 g/mol. The predicted octanol–water partition coefficient (Wildman–Crippen LogP) is 1.94. The molecule has 1 aliphatic heterocycles. The second kappa shape index (κ2) is 4.65. The van der Waals surface area contributed by atoms with E-state index in [1.807, 2.05) is 0 Å². The van der Waals surface area contributed by atoms with E-state index in [0.717, 1.165) is 5.56 Å². The van der Waals surface area contributed by atoms with Gasteiger partial charge in [-0.25, -0.2) is 0 Å². The van der Waals surface area contributed by atoms with E-state index >= 15 is 0 Å². The molecule has 16 heavy (non-hydrogen) atoms. The first-order valence-corrected chi connectivity index (χ1v) is 6.51. The number of phenolic OH excluding ortho intramolecular Hbond substituents is 1. The zero-order valence-electron chi connectivity index (χ0n) is 8.18. The van der Waals surface area contributed by atoms with Crippen LogP contribution >= 0.6 is 27.7 Å². The second-order valence-corrected chi connectivity index (χ2v) is 5.47. The molecule has 0 aliphatic carbocycles. The molecule has 1 saturated heterocycles. The van der Waals surface area contributed by atoms with Crippen molar-refractivity contribution in [1.29, 1.82) is 0 Å². The molecule has 0 saturated carbocycles. The third-order valence-corrected chi connectivity index (χ3v) is 4.26. The van der Waals surface area contributed by atoms with Gasteiger partial charge in [-0.2, -0.15) is 0 Å². The molecule has 0 spiro atoms. The quantitative estimate of drug-likeness (QED) is 0.779. The van der Waals surface area contributed by atoms with Crippen LogP contribution in [-0.2, 0) is 4.79 Å². The van der Waals surface area contributed by atoms with Crippen molar-refractivity contribution in [3.63, 3.8) is 0 Å². The zero-order chi connectivity index (χ0) is 11.7. The number of hydrogen-bond donors (Lipinski definition) is 3. The number of aliphatic carboxylic acids is 1. The number of carboxylic acid groups (broad SMARTS) is 1. The van der Waals surface area contributed by atoms with E-state index < -0.39 is 12.0 Å². The van der Waals surface area contributed by atoms with Gasteiger partial charge in [-0.3, -0.25) is 10.1 Å². The molecule has 1 heterocycles. The molecule has 0 bridgehead atoms. The number of rotatable bonds is 2. The summed E-state index contributed by atoms with van der Waals surface area (Å²) in [5.74, 6) is -0.0900. The Labute approximate surface area is 105 Å². The van der Waals surface area contributed by atoms with Crippen LogP contribution in [0, 0.1) is 0 Å². The number of thioether (sulfide) groups is 1. The Morgan fingerprint density at radius 3 is 2.88 bits per heavy atom. The molecule has 0 amide bonds. The minimum absolute atomic E-state index is 0.0296. The van der Waals surface area contributed by atoms with Gasteiger partial charge in [-0.05, 0) is 33.6 Å². The Morgan fingerprint density at radius 2 is 2.31 bits per heavy atom. The highest BCUT2D eigenvalue weighted by Gasteiger charge is 2.30.